The summed E-state index contributed by atoms with van der Waals surface area (Å²) in [5, 5.41) is 3.21. The molecule has 2 heterocycles. The van der Waals surface area contributed by atoms with Crippen molar-refractivity contribution in [2.75, 3.05) is 17.7 Å². The van der Waals surface area contributed by atoms with Crippen LogP contribution in [0.1, 0.15) is 12.5 Å². The van der Waals surface area contributed by atoms with Crippen molar-refractivity contribution in [3.05, 3.63) is 42.2 Å². The number of pyridine rings is 2. The zero-order valence-electron chi connectivity index (χ0n) is 10.3. The van der Waals surface area contributed by atoms with E-state index in [1.807, 2.05) is 25.1 Å². The highest BCUT2D eigenvalue weighted by Gasteiger charge is 2.03. The maximum atomic E-state index is 5.76. The molecule has 0 saturated heterocycles. The van der Waals surface area contributed by atoms with Gasteiger partial charge in [0, 0.05) is 18.9 Å². The molecule has 0 amide bonds. The van der Waals surface area contributed by atoms with Gasteiger partial charge in [-0.05, 0) is 36.8 Å². The fourth-order valence-electron chi connectivity index (χ4n) is 1.50. The fraction of sp³-hybridized carbons (Fsp3) is 0.231. The van der Waals surface area contributed by atoms with Crippen LogP contribution in [-0.4, -0.2) is 16.6 Å². The van der Waals surface area contributed by atoms with Gasteiger partial charge in [0.25, 0.3) is 0 Å². The molecule has 0 aliphatic heterocycles. The fourth-order valence-corrected chi connectivity index (χ4v) is 1.50. The molecule has 5 heteroatoms. The second-order valence-corrected chi connectivity index (χ2v) is 3.73. The minimum absolute atomic E-state index is 0.470. The number of hydrogen-bond donors (Lipinski definition) is 2. The Morgan fingerprint density at radius 3 is 2.72 bits per heavy atom. The lowest BCUT2D eigenvalue weighted by molar-refractivity contribution is 0.329. The Kier molecular flexibility index (Phi) is 3.96. The number of hydrogen-bond acceptors (Lipinski definition) is 5. The number of nitrogens with zero attached hydrogens (tertiary/aromatic N) is 2. The molecule has 0 aliphatic rings. The average molecular weight is 244 g/mol. The molecule has 3 N–H and O–H groups in total. The number of ether oxygens (including phenoxy) is 1. The predicted octanol–water partition coefficient (Wildman–Crippen LogP) is 2.07. The van der Waals surface area contributed by atoms with Gasteiger partial charge in [-0.1, -0.05) is 0 Å². The smallest absolute Gasteiger partial charge is 0.239 e. The van der Waals surface area contributed by atoms with Gasteiger partial charge in [0.1, 0.15) is 5.82 Å². The molecule has 0 atom stereocenters. The van der Waals surface area contributed by atoms with Crippen LogP contribution in [0.25, 0.3) is 0 Å². The van der Waals surface area contributed by atoms with Gasteiger partial charge in [-0.2, -0.15) is 4.98 Å². The first-order valence-electron chi connectivity index (χ1n) is 5.81. The lowest BCUT2D eigenvalue weighted by Gasteiger charge is -2.09. The Morgan fingerprint density at radius 1 is 1.22 bits per heavy atom. The second kappa shape index (κ2) is 5.86. The first-order valence-corrected chi connectivity index (χ1v) is 5.81. The van der Waals surface area contributed by atoms with Crippen LogP contribution in [0, 0.1) is 0 Å². The van der Waals surface area contributed by atoms with Crippen molar-refractivity contribution in [2.24, 2.45) is 0 Å². The Labute approximate surface area is 106 Å². The van der Waals surface area contributed by atoms with E-state index in [2.05, 4.69) is 15.3 Å². The molecule has 2 rings (SSSR count). The molecule has 18 heavy (non-hydrogen) atoms. The van der Waals surface area contributed by atoms with Gasteiger partial charge < -0.3 is 15.8 Å². The Hall–Kier alpha value is -2.30. The Bertz CT molecular complexity index is 502. The zero-order valence-corrected chi connectivity index (χ0v) is 10.3. The van der Waals surface area contributed by atoms with Crippen molar-refractivity contribution >= 4 is 11.5 Å². The van der Waals surface area contributed by atoms with Crippen LogP contribution >= 0.6 is 0 Å². The molecule has 0 bridgehead atoms. The summed E-state index contributed by atoms with van der Waals surface area (Å²) in [6.07, 6.45) is 3.53. The molecule has 0 unspecified atom stereocenters. The van der Waals surface area contributed by atoms with E-state index in [9.17, 15) is 0 Å². The third-order valence-corrected chi connectivity index (χ3v) is 2.39. The number of nitrogens with one attached hydrogen (secondary N) is 1. The van der Waals surface area contributed by atoms with Crippen molar-refractivity contribution in [3.63, 3.8) is 0 Å². The van der Waals surface area contributed by atoms with Gasteiger partial charge in [-0.3, -0.25) is 4.98 Å². The van der Waals surface area contributed by atoms with Gasteiger partial charge in [-0.15, -0.1) is 0 Å². The summed E-state index contributed by atoms with van der Waals surface area (Å²) in [5.41, 5.74) is 7.45. The minimum Gasteiger partial charge on any atom is -0.476 e. The SMILES string of the molecule is CCOc1nc(NCc2ccncc2)ccc1N. The van der Waals surface area contributed by atoms with E-state index in [1.54, 1.807) is 18.5 Å². The number of rotatable bonds is 5. The van der Waals surface area contributed by atoms with Gasteiger partial charge in [0.15, 0.2) is 0 Å². The standard InChI is InChI=1S/C13H16N4O/c1-2-18-13-11(14)3-4-12(17-13)16-9-10-5-7-15-8-6-10/h3-8H,2,9,14H2,1H3,(H,16,17). The minimum atomic E-state index is 0.470. The summed E-state index contributed by atoms with van der Waals surface area (Å²) in [4.78, 5) is 8.27. The topological polar surface area (TPSA) is 73.1 Å². The number of anilines is 2. The van der Waals surface area contributed by atoms with Crippen molar-refractivity contribution in [3.8, 4) is 5.88 Å². The summed E-state index contributed by atoms with van der Waals surface area (Å²) in [6, 6.07) is 7.52. The van der Waals surface area contributed by atoms with Crippen molar-refractivity contribution in [1.29, 1.82) is 0 Å². The first-order chi connectivity index (χ1) is 8.79. The highest BCUT2D eigenvalue weighted by Crippen LogP contribution is 2.20. The number of nitrogen functional groups attached to an aromatic ring is 1. The molecule has 0 fully saturated rings. The molecule has 2 aromatic heterocycles. The van der Waals surface area contributed by atoms with Crippen LogP contribution in [0.2, 0.25) is 0 Å². The molecular weight excluding hydrogens is 228 g/mol. The lowest BCUT2D eigenvalue weighted by Crippen LogP contribution is -2.05. The van der Waals surface area contributed by atoms with E-state index in [4.69, 9.17) is 10.5 Å². The predicted molar refractivity (Wildman–Crippen MR) is 71.4 cm³/mol. The molecule has 0 saturated carbocycles. The highest BCUT2D eigenvalue weighted by molar-refractivity contribution is 5.53. The van der Waals surface area contributed by atoms with Crippen LogP contribution < -0.4 is 15.8 Å². The summed E-state index contributed by atoms with van der Waals surface area (Å²) in [7, 11) is 0. The maximum Gasteiger partial charge on any atom is 0.239 e. The first kappa shape index (κ1) is 12.2. The molecule has 0 aromatic carbocycles. The van der Waals surface area contributed by atoms with Crippen LogP contribution in [-0.2, 0) is 6.54 Å². The molecule has 0 spiro atoms. The largest absolute Gasteiger partial charge is 0.476 e. The summed E-state index contributed by atoms with van der Waals surface area (Å²) >= 11 is 0. The monoisotopic (exact) mass is 244 g/mol. The van der Waals surface area contributed by atoms with E-state index in [0.29, 0.717) is 24.7 Å². The maximum absolute atomic E-state index is 5.76. The average Bonchev–Trinajstić information content (AvgIpc) is 2.41. The Morgan fingerprint density at radius 2 is 2.00 bits per heavy atom. The van der Waals surface area contributed by atoms with E-state index >= 15 is 0 Å². The molecule has 0 aliphatic carbocycles. The van der Waals surface area contributed by atoms with Crippen LogP contribution in [0.4, 0.5) is 11.5 Å². The summed E-state index contributed by atoms with van der Waals surface area (Å²) < 4.78 is 5.34. The lowest BCUT2D eigenvalue weighted by atomic mass is 10.3. The normalized spacial score (nSPS) is 10.1. The van der Waals surface area contributed by atoms with Crippen LogP contribution in [0.5, 0.6) is 5.88 Å². The highest BCUT2D eigenvalue weighted by atomic mass is 16.5. The van der Waals surface area contributed by atoms with Crippen molar-refractivity contribution in [1.82, 2.24) is 9.97 Å². The van der Waals surface area contributed by atoms with Crippen molar-refractivity contribution in [2.45, 2.75) is 13.5 Å². The summed E-state index contributed by atoms with van der Waals surface area (Å²) in [6.45, 7) is 3.13. The van der Waals surface area contributed by atoms with E-state index < -0.39 is 0 Å². The van der Waals surface area contributed by atoms with E-state index in [-0.39, 0.29) is 0 Å². The molecule has 5 nitrogen and oxygen atoms in total. The van der Waals surface area contributed by atoms with Gasteiger partial charge in [-0.25, -0.2) is 0 Å². The second-order valence-electron chi connectivity index (χ2n) is 3.73. The number of aromatic nitrogens is 2. The zero-order chi connectivity index (χ0) is 12.8. The molecular formula is C13H16N4O. The molecule has 2 aromatic rings. The molecule has 94 valence electrons. The third-order valence-electron chi connectivity index (χ3n) is 2.39. The van der Waals surface area contributed by atoms with Crippen LogP contribution in [0.15, 0.2) is 36.7 Å². The quantitative estimate of drug-likeness (QED) is 0.842. The molecule has 0 radical (unpaired) electrons. The van der Waals surface area contributed by atoms with E-state index in [1.165, 1.54) is 0 Å². The van der Waals surface area contributed by atoms with Gasteiger partial charge in [0.2, 0.25) is 5.88 Å². The van der Waals surface area contributed by atoms with Gasteiger partial charge >= 0.3 is 0 Å². The third kappa shape index (κ3) is 3.10. The van der Waals surface area contributed by atoms with E-state index in [0.717, 1.165) is 11.4 Å². The van der Waals surface area contributed by atoms with Gasteiger partial charge in [0.05, 0.1) is 12.3 Å². The number of nitrogens with two attached hydrogens (primary N) is 1. The summed E-state index contributed by atoms with van der Waals surface area (Å²) in [5.74, 6) is 1.21. The van der Waals surface area contributed by atoms with Crippen molar-refractivity contribution < 1.29 is 4.74 Å². The van der Waals surface area contributed by atoms with Crippen LogP contribution in [0.3, 0.4) is 0 Å². The Balaban J connectivity index is 2.03.